The Hall–Kier alpha value is -3.74. The maximum atomic E-state index is 12.6. The van der Waals surface area contributed by atoms with Gasteiger partial charge in [0, 0.05) is 5.39 Å². The summed E-state index contributed by atoms with van der Waals surface area (Å²) >= 11 is 0. The van der Waals surface area contributed by atoms with Gasteiger partial charge >= 0.3 is 0 Å². The van der Waals surface area contributed by atoms with E-state index in [1.54, 1.807) is 24.4 Å². The van der Waals surface area contributed by atoms with E-state index in [4.69, 9.17) is 5.73 Å². The van der Waals surface area contributed by atoms with Crippen LogP contribution >= 0.6 is 0 Å². The summed E-state index contributed by atoms with van der Waals surface area (Å²) < 4.78 is 0. The van der Waals surface area contributed by atoms with E-state index < -0.39 is 5.91 Å². The summed E-state index contributed by atoms with van der Waals surface area (Å²) in [4.78, 5) is 35.2. The van der Waals surface area contributed by atoms with Crippen LogP contribution in [0, 0.1) is 0 Å². The smallest absolute Gasteiger partial charge is 0.284 e. The summed E-state index contributed by atoms with van der Waals surface area (Å²) in [7, 11) is 0. The Morgan fingerprint density at radius 1 is 1.08 bits per heavy atom. The maximum absolute atomic E-state index is 12.6. The summed E-state index contributed by atoms with van der Waals surface area (Å²) in [6.07, 6.45) is 1.60. The van der Waals surface area contributed by atoms with Gasteiger partial charge in [0.25, 0.3) is 11.8 Å². The van der Waals surface area contributed by atoms with E-state index in [0.29, 0.717) is 22.3 Å². The third-order valence-corrected chi connectivity index (χ3v) is 3.84. The minimum atomic E-state index is -0.679. The Labute approximate surface area is 141 Å². The number of nitrogens with zero attached hydrogens (tertiary/aromatic N) is 2. The van der Waals surface area contributed by atoms with Gasteiger partial charge in [0.15, 0.2) is 5.82 Å². The number of primary amides is 1. The zero-order valence-corrected chi connectivity index (χ0v) is 13.0. The quantitative estimate of drug-likeness (QED) is 0.535. The lowest BCUT2D eigenvalue weighted by atomic mass is 10.1. The number of hydrogen-bond donors (Lipinski definition) is 3. The second kappa shape index (κ2) is 5.72. The minimum absolute atomic E-state index is 0.0163. The highest BCUT2D eigenvalue weighted by Crippen LogP contribution is 2.20. The Morgan fingerprint density at radius 2 is 1.92 bits per heavy atom. The lowest BCUT2D eigenvalue weighted by Gasteiger charge is -2.06. The first-order valence-corrected chi connectivity index (χ1v) is 7.56. The predicted octanol–water partition coefficient (Wildman–Crippen LogP) is 2.46. The minimum Gasteiger partial charge on any atom is -0.363 e. The lowest BCUT2D eigenvalue weighted by Crippen LogP contribution is -2.13. The molecule has 7 nitrogen and oxygen atoms in total. The van der Waals surface area contributed by atoms with Crippen LogP contribution in [0.1, 0.15) is 21.0 Å². The number of pyridine rings is 1. The fourth-order valence-corrected chi connectivity index (χ4v) is 2.67. The summed E-state index contributed by atoms with van der Waals surface area (Å²) in [5, 5.41) is 3.73. The molecule has 0 radical (unpaired) electrons. The number of nitrogens with one attached hydrogen (secondary N) is 2. The zero-order valence-electron chi connectivity index (χ0n) is 13.0. The molecule has 0 fully saturated rings. The van der Waals surface area contributed by atoms with Crippen molar-refractivity contribution in [3.05, 3.63) is 66.1 Å². The first-order chi connectivity index (χ1) is 12.1. The molecule has 2 aromatic heterocycles. The van der Waals surface area contributed by atoms with Crippen LogP contribution in [0.25, 0.3) is 21.9 Å². The van der Waals surface area contributed by atoms with Crippen molar-refractivity contribution in [1.82, 2.24) is 15.0 Å². The van der Waals surface area contributed by atoms with E-state index in [1.165, 1.54) is 0 Å². The number of hydrogen-bond acceptors (Lipinski definition) is 4. The molecule has 2 heterocycles. The molecule has 0 saturated carbocycles. The average Bonchev–Trinajstić information content (AvgIpc) is 3.06. The van der Waals surface area contributed by atoms with Crippen LogP contribution in [-0.2, 0) is 0 Å². The van der Waals surface area contributed by atoms with E-state index in [-0.39, 0.29) is 11.7 Å². The number of fused-ring (bicyclic) bond motifs is 2. The third-order valence-electron chi connectivity index (χ3n) is 3.84. The first-order valence-electron chi connectivity index (χ1n) is 7.56. The number of anilines is 1. The van der Waals surface area contributed by atoms with Crippen molar-refractivity contribution < 1.29 is 9.59 Å². The second-order valence-corrected chi connectivity index (χ2v) is 5.52. The van der Waals surface area contributed by atoms with Crippen molar-refractivity contribution in [3.8, 4) is 0 Å². The Balaban J connectivity index is 1.70. The topological polar surface area (TPSA) is 114 Å². The normalized spacial score (nSPS) is 10.9. The largest absolute Gasteiger partial charge is 0.363 e. The van der Waals surface area contributed by atoms with Crippen LogP contribution < -0.4 is 11.1 Å². The number of para-hydroxylation sites is 2. The van der Waals surface area contributed by atoms with Gasteiger partial charge in [0.1, 0.15) is 5.52 Å². The molecule has 2 aromatic carbocycles. The number of H-pyrrole nitrogens is 1. The number of nitrogens with two attached hydrogens (primary N) is 1. The molecule has 0 bridgehead atoms. The number of aromatic nitrogens is 3. The van der Waals surface area contributed by atoms with Crippen molar-refractivity contribution in [2.24, 2.45) is 5.73 Å². The van der Waals surface area contributed by atoms with Gasteiger partial charge in [-0.3, -0.25) is 14.6 Å². The molecular weight excluding hydrogens is 318 g/mol. The molecule has 0 unspecified atom stereocenters. The van der Waals surface area contributed by atoms with Crippen molar-refractivity contribution >= 4 is 39.4 Å². The summed E-state index contributed by atoms with van der Waals surface area (Å²) in [5.41, 5.74) is 7.96. The molecule has 25 heavy (non-hydrogen) atoms. The van der Waals surface area contributed by atoms with Crippen molar-refractivity contribution in [2.45, 2.75) is 0 Å². The van der Waals surface area contributed by atoms with Crippen LogP contribution in [0.5, 0.6) is 0 Å². The number of aromatic amines is 1. The van der Waals surface area contributed by atoms with E-state index in [9.17, 15) is 9.59 Å². The van der Waals surface area contributed by atoms with Gasteiger partial charge in [-0.05, 0) is 24.3 Å². The number of amides is 2. The number of benzene rings is 2. The predicted molar refractivity (Wildman–Crippen MR) is 94.3 cm³/mol. The van der Waals surface area contributed by atoms with Gasteiger partial charge in [0.05, 0.1) is 28.5 Å². The SMILES string of the molecule is NC(=O)c1nc2c(C(=O)Nc3cnc4ccccc4c3)cccc2[nH]1. The van der Waals surface area contributed by atoms with Crippen LogP contribution in [0.3, 0.4) is 0 Å². The molecule has 0 spiro atoms. The highest BCUT2D eigenvalue weighted by molar-refractivity contribution is 6.12. The molecule has 4 N–H and O–H groups in total. The van der Waals surface area contributed by atoms with Gasteiger partial charge in [-0.1, -0.05) is 24.3 Å². The zero-order chi connectivity index (χ0) is 17.4. The van der Waals surface area contributed by atoms with Crippen molar-refractivity contribution in [3.63, 3.8) is 0 Å². The molecule has 0 aliphatic carbocycles. The monoisotopic (exact) mass is 331 g/mol. The van der Waals surface area contributed by atoms with Crippen molar-refractivity contribution in [1.29, 1.82) is 0 Å². The summed E-state index contributed by atoms with van der Waals surface area (Å²) in [5.74, 6) is -1.01. The van der Waals surface area contributed by atoms with Crippen LogP contribution in [0.2, 0.25) is 0 Å². The van der Waals surface area contributed by atoms with Gasteiger partial charge in [-0.25, -0.2) is 4.98 Å². The molecule has 0 saturated heterocycles. The number of carbonyl (C=O) groups is 2. The van der Waals surface area contributed by atoms with Gasteiger partial charge in [-0.15, -0.1) is 0 Å². The molecular formula is C18H13N5O2. The molecule has 0 aliphatic heterocycles. The van der Waals surface area contributed by atoms with E-state index in [2.05, 4.69) is 20.3 Å². The first kappa shape index (κ1) is 14.8. The highest BCUT2D eigenvalue weighted by atomic mass is 16.2. The second-order valence-electron chi connectivity index (χ2n) is 5.52. The Morgan fingerprint density at radius 3 is 2.76 bits per heavy atom. The molecule has 7 heteroatoms. The summed E-state index contributed by atoms with van der Waals surface area (Å²) in [6.45, 7) is 0. The maximum Gasteiger partial charge on any atom is 0.284 e. The fourth-order valence-electron chi connectivity index (χ4n) is 2.67. The average molecular weight is 331 g/mol. The standard InChI is InChI=1S/C18H13N5O2/c19-16(24)17-22-14-7-3-5-12(15(14)23-17)18(25)21-11-8-10-4-1-2-6-13(10)20-9-11/h1-9H,(H2,19,24)(H,21,25)(H,22,23). The summed E-state index contributed by atoms with van der Waals surface area (Å²) in [6, 6.07) is 14.6. The highest BCUT2D eigenvalue weighted by Gasteiger charge is 2.16. The molecule has 2 amide bonds. The Kier molecular flexibility index (Phi) is 3.39. The van der Waals surface area contributed by atoms with Gasteiger partial charge in [-0.2, -0.15) is 0 Å². The Bertz CT molecular complexity index is 1130. The van der Waals surface area contributed by atoms with E-state index in [1.807, 2.05) is 30.3 Å². The third kappa shape index (κ3) is 2.67. The molecule has 4 aromatic rings. The van der Waals surface area contributed by atoms with Crippen molar-refractivity contribution in [2.75, 3.05) is 5.32 Å². The van der Waals surface area contributed by atoms with Crippen LogP contribution in [-0.4, -0.2) is 26.8 Å². The lowest BCUT2D eigenvalue weighted by molar-refractivity contribution is 0.0989. The number of carbonyl (C=O) groups excluding carboxylic acids is 2. The van der Waals surface area contributed by atoms with Gasteiger partial charge < -0.3 is 16.0 Å². The molecule has 0 atom stereocenters. The van der Waals surface area contributed by atoms with Crippen LogP contribution in [0.4, 0.5) is 5.69 Å². The van der Waals surface area contributed by atoms with Gasteiger partial charge in [0.2, 0.25) is 0 Å². The molecule has 0 aliphatic rings. The van der Waals surface area contributed by atoms with Crippen LogP contribution in [0.15, 0.2) is 54.7 Å². The molecule has 122 valence electrons. The van der Waals surface area contributed by atoms with E-state index in [0.717, 1.165) is 10.9 Å². The molecule has 4 rings (SSSR count). The van der Waals surface area contributed by atoms with E-state index >= 15 is 0 Å². The number of imidazole rings is 1. The number of rotatable bonds is 3. The fraction of sp³-hybridized carbons (Fsp3) is 0.